The lowest BCUT2D eigenvalue weighted by atomic mass is 9.97. The Kier molecular flexibility index (Phi) is 5.36. The monoisotopic (exact) mass is 319 g/mol. The molecule has 1 saturated heterocycles. The second-order valence-electron chi connectivity index (χ2n) is 5.78. The molecule has 1 heterocycles. The number of ether oxygens (including phenoxy) is 1. The van der Waals surface area contributed by atoms with Gasteiger partial charge in [-0.25, -0.2) is 0 Å². The summed E-state index contributed by atoms with van der Waals surface area (Å²) in [6.45, 7) is 2.27. The Morgan fingerprint density at radius 1 is 1.35 bits per heavy atom. The zero-order valence-corrected chi connectivity index (χ0v) is 13.4. The highest BCUT2D eigenvalue weighted by atomic mass is 16.5. The van der Waals surface area contributed by atoms with E-state index < -0.39 is 11.9 Å². The summed E-state index contributed by atoms with van der Waals surface area (Å²) in [5.74, 6) is -1.04. The molecular weight excluding hydrogens is 298 g/mol. The van der Waals surface area contributed by atoms with Crippen molar-refractivity contribution in [3.8, 4) is 5.75 Å². The first kappa shape index (κ1) is 17.0. The summed E-state index contributed by atoms with van der Waals surface area (Å²) >= 11 is 0. The fraction of sp³-hybridized carbons (Fsp3) is 0.471. The second kappa shape index (κ2) is 7.26. The lowest BCUT2D eigenvalue weighted by molar-refractivity contribution is -0.145. The van der Waals surface area contributed by atoms with E-state index in [4.69, 9.17) is 9.84 Å². The number of carbonyl (C=O) groups excluding carboxylic acids is 2. The summed E-state index contributed by atoms with van der Waals surface area (Å²) in [5.41, 5.74) is 1.17. The van der Waals surface area contributed by atoms with Gasteiger partial charge in [0.1, 0.15) is 5.75 Å². The molecule has 0 spiro atoms. The third-order valence-corrected chi connectivity index (χ3v) is 4.15. The molecule has 0 unspecified atom stereocenters. The fourth-order valence-electron chi connectivity index (χ4n) is 2.82. The molecule has 1 aliphatic heterocycles. The minimum absolute atomic E-state index is 0.0785. The number of rotatable bonds is 5. The molecule has 1 aromatic rings. The molecule has 1 aromatic carbocycles. The van der Waals surface area contributed by atoms with Gasteiger partial charge in [-0.05, 0) is 38.0 Å². The maximum Gasteiger partial charge on any atom is 0.308 e. The quantitative estimate of drug-likeness (QED) is 0.836. The van der Waals surface area contributed by atoms with Crippen LogP contribution in [0.2, 0.25) is 0 Å². The van der Waals surface area contributed by atoms with E-state index in [0.717, 1.165) is 0 Å². The van der Waals surface area contributed by atoms with Crippen LogP contribution in [0.3, 0.4) is 0 Å². The maximum atomic E-state index is 12.5. The van der Waals surface area contributed by atoms with Gasteiger partial charge in [0.15, 0.2) is 5.78 Å². The van der Waals surface area contributed by atoms with Gasteiger partial charge in [0, 0.05) is 24.2 Å². The summed E-state index contributed by atoms with van der Waals surface area (Å²) in [7, 11) is 1.51. The van der Waals surface area contributed by atoms with E-state index in [-0.39, 0.29) is 24.7 Å². The summed E-state index contributed by atoms with van der Waals surface area (Å²) in [6, 6.07) is 5.00. The molecule has 0 aromatic heterocycles. The van der Waals surface area contributed by atoms with Crippen molar-refractivity contribution >= 4 is 17.7 Å². The number of nitrogens with zero attached hydrogens (tertiary/aromatic N) is 1. The molecular formula is C17H21NO5. The van der Waals surface area contributed by atoms with Gasteiger partial charge in [-0.2, -0.15) is 0 Å². The van der Waals surface area contributed by atoms with Gasteiger partial charge in [0.05, 0.1) is 19.4 Å². The Bertz CT molecular complexity index is 625. The van der Waals surface area contributed by atoms with Gasteiger partial charge >= 0.3 is 5.97 Å². The van der Waals surface area contributed by atoms with Crippen molar-refractivity contribution in [1.82, 2.24) is 4.90 Å². The van der Waals surface area contributed by atoms with Crippen LogP contribution >= 0.6 is 0 Å². The first-order valence-corrected chi connectivity index (χ1v) is 7.60. The number of carboxylic acids is 1. The van der Waals surface area contributed by atoms with Crippen molar-refractivity contribution in [1.29, 1.82) is 0 Å². The van der Waals surface area contributed by atoms with Crippen LogP contribution in [0.15, 0.2) is 18.2 Å². The number of aliphatic carboxylic acids is 1. The van der Waals surface area contributed by atoms with Crippen molar-refractivity contribution in [2.24, 2.45) is 5.92 Å². The van der Waals surface area contributed by atoms with Crippen molar-refractivity contribution in [3.05, 3.63) is 29.3 Å². The first-order valence-electron chi connectivity index (χ1n) is 7.60. The highest BCUT2D eigenvalue weighted by molar-refractivity contribution is 5.94. The zero-order chi connectivity index (χ0) is 17.0. The average molecular weight is 319 g/mol. The SMILES string of the molecule is COc1ccc(C(C)=O)cc1CC(=O)N1CCC[C@H](C(=O)O)C1. The van der Waals surface area contributed by atoms with E-state index in [1.807, 2.05) is 0 Å². The molecule has 1 amide bonds. The summed E-state index contributed by atoms with van der Waals surface area (Å²) in [6.07, 6.45) is 1.38. The Balaban J connectivity index is 2.14. The van der Waals surface area contributed by atoms with Crippen LogP contribution in [0.5, 0.6) is 5.75 Å². The van der Waals surface area contributed by atoms with Gasteiger partial charge in [-0.3, -0.25) is 14.4 Å². The number of ketones is 1. The number of benzene rings is 1. The van der Waals surface area contributed by atoms with E-state index in [2.05, 4.69) is 0 Å². The topological polar surface area (TPSA) is 83.9 Å². The van der Waals surface area contributed by atoms with E-state index in [1.54, 1.807) is 23.1 Å². The van der Waals surface area contributed by atoms with Gasteiger partial charge in [-0.15, -0.1) is 0 Å². The number of hydrogen-bond acceptors (Lipinski definition) is 4. The lowest BCUT2D eigenvalue weighted by Crippen LogP contribution is -2.43. The van der Waals surface area contributed by atoms with Crippen LogP contribution in [-0.2, 0) is 16.0 Å². The third-order valence-electron chi connectivity index (χ3n) is 4.15. The van der Waals surface area contributed by atoms with Crippen molar-refractivity contribution in [3.63, 3.8) is 0 Å². The number of methoxy groups -OCH3 is 1. The molecule has 6 heteroatoms. The average Bonchev–Trinajstić information content (AvgIpc) is 2.54. The molecule has 23 heavy (non-hydrogen) atoms. The standard InChI is InChI=1S/C17H21NO5/c1-11(19)12-5-6-15(23-2)14(8-12)9-16(20)18-7-3-4-13(10-18)17(21)22/h5-6,8,13H,3-4,7,9-10H2,1-2H3,(H,21,22)/t13-/m0/s1. The minimum Gasteiger partial charge on any atom is -0.496 e. The molecule has 6 nitrogen and oxygen atoms in total. The summed E-state index contributed by atoms with van der Waals surface area (Å²) < 4.78 is 5.25. The molecule has 1 aliphatic rings. The molecule has 1 N–H and O–H groups in total. The zero-order valence-electron chi connectivity index (χ0n) is 13.4. The van der Waals surface area contributed by atoms with Crippen LogP contribution in [-0.4, -0.2) is 47.9 Å². The molecule has 2 rings (SSSR count). The highest BCUT2D eigenvalue weighted by Crippen LogP contribution is 2.23. The maximum absolute atomic E-state index is 12.5. The van der Waals surface area contributed by atoms with Gasteiger partial charge < -0.3 is 14.7 Å². The Morgan fingerprint density at radius 2 is 2.09 bits per heavy atom. The van der Waals surface area contributed by atoms with Crippen LogP contribution in [0.4, 0.5) is 0 Å². The largest absolute Gasteiger partial charge is 0.496 e. The number of likely N-dealkylation sites (tertiary alicyclic amines) is 1. The lowest BCUT2D eigenvalue weighted by Gasteiger charge is -2.31. The van der Waals surface area contributed by atoms with Gasteiger partial charge in [-0.1, -0.05) is 0 Å². The highest BCUT2D eigenvalue weighted by Gasteiger charge is 2.28. The smallest absolute Gasteiger partial charge is 0.308 e. The van der Waals surface area contributed by atoms with Gasteiger partial charge in [0.2, 0.25) is 5.91 Å². The van der Waals surface area contributed by atoms with E-state index in [0.29, 0.717) is 36.3 Å². The first-order chi connectivity index (χ1) is 10.9. The third kappa shape index (κ3) is 4.09. The normalized spacial score (nSPS) is 17.7. The number of carbonyl (C=O) groups is 3. The molecule has 1 fully saturated rings. The molecule has 0 radical (unpaired) electrons. The number of amides is 1. The predicted octanol–water partition coefficient (Wildman–Crippen LogP) is 1.76. The van der Waals surface area contributed by atoms with Crippen LogP contribution in [0, 0.1) is 5.92 Å². The summed E-state index contributed by atoms with van der Waals surface area (Å²) in [4.78, 5) is 36.7. The number of piperidine rings is 1. The van der Waals surface area contributed by atoms with E-state index in [9.17, 15) is 14.4 Å². The number of Topliss-reactive ketones (excluding diaryl/α,β-unsaturated/α-hetero) is 1. The molecule has 0 bridgehead atoms. The van der Waals surface area contributed by atoms with Crippen LogP contribution < -0.4 is 4.74 Å². The summed E-state index contributed by atoms with van der Waals surface area (Å²) in [5, 5.41) is 9.11. The Labute approximate surface area is 135 Å². The van der Waals surface area contributed by atoms with Crippen molar-refractivity contribution < 1.29 is 24.2 Å². The molecule has 0 saturated carbocycles. The predicted molar refractivity (Wildman–Crippen MR) is 83.6 cm³/mol. The second-order valence-corrected chi connectivity index (χ2v) is 5.78. The Hall–Kier alpha value is -2.37. The van der Waals surface area contributed by atoms with Crippen molar-refractivity contribution in [2.75, 3.05) is 20.2 Å². The van der Waals surface area contributed by atoms with E-state index in [1.165, 1.54) is 14.0 Å². The molecule has 0 aliphatic carbocycles. The molecule has 124 valence electrons. The minimum atomic E-state index is -0.862. The Morgan fingerprint density at radius 3 is 2.70 bits per heavy atom. The number of carboxylic acid groups (broad SMARTS) is 1. The van der Waals surface area contributed by atoms with Crippen molar-refractivity contribution in [2.45, 2.75) is 26.2 Å². The van der Waals surface area contributed by atoms with Crippen LogP contribution in [0.25, 0.3) is 0 Å². The van der Waals surface area contributed by atoms with Gasteiger partial charge in [0.25, 0.3) is 0 Å². The van der Waals surface area contributed by atoms with E-state index >= 15 is 0 Å². The fourth-order valence-corrected chi connectivity index (χ4v) is 2.82. The number of hydrogen-bond donors (Lipinski definition) is 1. The molecule has 1 atom stereocenters. The van der Waals surface area contributed by atoms with Crippen LogP contribution in [0.1, 0.15) is 35.7 Å².